The SMILES string of the molecule is CC1=CC[C@@H]([C@@]2(C)OC(C)(C)C=CC2=O)CC1. The summed E-state index contributed by atoms with van der Waals surface area (Å²) in [5, 5.41) is 0. The van der Waals surface area contributed by atoms with Crippen LogP contribution in [-0.2, 0) is 9.53 Å². The van der Waals surface area contributed by atoms with Crippen LogP contribution in [0.1, 0.15) is 47.0 Å². The van der Waals surface area contributed by atoms with Gasteiger partial charge in [-0.15, -0.1) is 0 Å². The Morgan fingerprint density at radius 2 is 2.06 bits per heavy atom. The minimum Gasteiger partial charge on any atom is -0.357 e. The van der Waals surface area contributed by atoms with Crippen LogP contribution in [0.5, 0.6) is 0 Å². The molecule has 2 atom stereocenters. The van der Waals surface area contributed by atoms with Gasteiger partial charge in [0.2, 0.25) is 0 Å². The Bertz CT molecular complexity index is 390. The lowest BCUT2D eigenvalue weighted by Crippen LogP contribution is -2.52. The van der Waals surface area contributed by atoms with E-state index in [1.807, 2.05) is 26.8 Å². The van der Waals surface area contributed by atoms with Gasteiger partial charge in [0.1, 0.15) is 5.60 Å². The third-order valence-corrected chi connectivity index (χ3v) is 4.02. The van der Waals surface area contributed by atoms with Crippen LogP contribution in [0, 0.1) is 5.92 Å². The Balaban J connectivity index is 2.24. The summed E-state index contributed by atoms with van der Waals surface area (Å²) in [6.07, 6.45) is 8.91. The van der Waals surface area contributed by atoms with Crippen molar-refractivity contribution in [1.82, 2.24) is 0 Å². The van der Waals surface area contributed by atoms with Crippen molar-refractivity contribution >= 4 is 5.78 Å². The first kappa shape index (κ1) is 12.6. The molecule has 0 radical (unpaired) electrons. The van der Waals surface area contributed by atoms with Gasteiger partial charge in [-0.05, 0) is 65.0 Å². The molecule has 0 amide bonds. The standard InChI is InChI=1S/C15H22O2/c1-11-5-7-12(8-6-11)15(4)13(16)9-10-14(2,3)17-15/h5,9-10,12H,6-8H2,1-4H3/t12-,15-/m1/s1. The molecule has 0 fully saturated rings. The number of hydrogen-bond acceptors (Lipinski definition) is 2. The van der Waals surface area contributed by atoms with E-state index in [1.54, 1.807) is 6.08 Å². The Labute approximate surface area is 104 Å². The molecular weight excluding hydrogens is 212 g/mol. The number of carbonyl (C=O) groups excluding carboxylic acids is 1. The Kier molecular flexibility index (Phi) is 3.03. The summed E-state index contributed by atoms with van der Waals surface area (Å²) in [6.45, 7) is 8.14. The monoisotopic (exact) mass is 234 g/mol. The van der Waals surface area contributed by atoms with E-state index in [0.717, 1.165) is 19.3 Å². The van der Waals surface area contributed by atoms with Gasteiger partial charge in [0, 0.05) is 0 Å². The van der Waals surface area contributed by atoms with E-state index in [4.69, 9.17) is 4.74 Å². The van der Waals surface area contributed by atoms with Crippen molar-refractivity contribution in [2.75, 3.05) is 0 Å². The van der Waals surface area contributed by atoms with Crippen LogP contribution in [0.15, 0.2) is 23.8 Å². The first-order valence-corrected chi connectivity index (χ1v) is 6.43. The van der Waals surface area contributed by atoms with E-state index >= 15 is 0 Å². The maximum absolute atomic E-state index is 12.2. The second-order valence-corrected chi connectivity index (χ2v) is 6.03. The summed E-state index contributed by atoms with van der Waals surface area (Å²) in [4.78, 5) is 12.2. The molecular formula is C15H22O2. The molecule has 0 N–H and O–H groups in total. The van der Waals surface area contributed by atoms with Crippen molar-refractivity contribution in [3.63, 3.8) is 0 Å². The van der Waals surface area contributed by atoms with E-state index in [1.165, 1.54) is 5.57 Å². The fourth-order valence-electron chi connectivity index (χ4n) is 2.82. The summed E-state index contributed by atoms with van der Waals surface area (Å²) < 4.78 is 6.08. The topological polar surface area (TPSA) is 26.3 Å². The zero-order valence-corrected chi connectivity index (χ0v) is 11.2. The summed E-state index contributed by atoms with van der Waals surface area (Å²) in [5.74, 6) is 0.428. The van der Waals surface area contributed by atoms with Crippen molar-refractivity contribution < 1.29 is 9.53 Å². The Morgan fingerprint density at radius 1 is 1.35 bits per heavy atom. The Hall–Kier alpha value is -0.890. The zero-order chi connectivity index (χ0) is 12.7. The second-order valence-electron chi connectivity index (χ2n) is 6.03. The van der Waals surface area contributed by atoms with Gasteiger partial charge in [0.25, 0.3) is 0 Å². The summed E-state index contributed by atoms with van der Waals surface area (Å²) in [7, 11) is 0. The highest BCUT2D eigenvalue weighted by Gasteiger charge is 2.46. The molecule has 1 aliphatic carbocycles. The van der Waals surface area contributed by atoms with Crippen LogP contribution in [0.3, 0.4) is 0 Å². The number of allylic oxidation sites excluding steroid dienone is 2. The molecule has 0 aromatic heterocycles. The number of ether oxygens (including phenoxy) is 1. The number of hydrogen-bond donors (Lipinski definition) is 0. The third-order valence-electron chi connectivity index (χ3n) is 4.02. The summed E-state index contributed by atoms with van der Waals surface area (Å²) in [5.41, 5.74) is 0.455. The lowest BCUT2D eigenvalue weighted by Gasteiger charge is -2.44. The van der Waals surface area contributed by atoms with Crippen molar-refractivity contribution in [1.29, 1.82) is 0 Å². The van der Waals surface area contributed by atoms with Crippen LogP contribution >= 0.6 is 0 Å². The molecule has 0 saturated heterocycles. The number of carbonyl (C=O) groups is 1. The summed E-state index contributed by atoms with van der Waals surface area (Å²) >= 11 is 0. The molecule has 0 aromatic carbocycles. The van der Waals surface area contributed by atoms with Crippen LogP contribution in [0.2, 0.25) is 0 Å². The molecule has 0 unspecified atom stereocenters. The highest BCUT2D eigenvalue weighted by atomic mass is 16.5. The molecule has 94 valence electrons. The smallest absolute Gasteiger partial charge is 0.187 e. The van der Waals surface area contributed by atoms with Crippen LogP contribution in [-0.4, -0.2) is 17.0 Å². The van der Waals surface area contributed by atoms with Crippen LogP contribution in [0.4, 0.5) is 0 Å². The minimum absolute atomic E-state index is 0.120. The summed E-state index contributed by atoms with van der Waals surface area (Å²) in [6, 6.07) is 0. The normalized spacial score (nSPS) is 36.8. The minimum atomic E-state index is -0.643. The second kappa shape index (κ2) is 4.09. The predicted octanol–water partition coefficient (Wildman–Crippen LogP) is 3.43. The molecule has 2 rings (SSSR count). The van der Waals surface area contributed by atoms with E-state index < -0.39 is 5.60 Å². The van der Waals surface area contributed by atoms with Crippen LogP contribution < -0.4 is 0 Å². The van der Waals surface area contributed by atoms with E-state index in [2.05, 4.69) is 13.0 Å². The third kappa shape index (κ3) is 2.37. The first-order chi connectivity index (χ1) is 7.83. The van der Waals surface area contributed by atoms with E-state index in [0.29, 0.717) is 5.92 Å². The number of rotatable bonds is 1. The quantitative estimate of drug-likeness (QED) is 0.650. The van der Waals surface area contributed by atoms with Crippen molar-refractivity contribution in [3.8, 4) is 0 Å². The molecule has 0 spiro atoms. The molecule has 0 saturated carbocycles. The van der Waals surface area contributed by atoms with Gasteiger partial charge in [-0.2, -0.15) is 0 Å². The van der Waals surface area contributed by atoms with Crippen molar-refractivity contribution in [2.45, 2.75) is 58.2 Å². The highest BCUT2D eigenvalue weighted by Crippen LogP contribution is 2.40. The van der Waals surface area contributed by atoms with Gasteiger partial charge < -0.3 is 4.74 Å². The predicted molar refractivity (Wildman–Crippen MR) is 68.8 cm³/mol. The van der Waals surface area contributed by atoms with Gasteiger partial charge in [-0.3, -0.25) is 4.79 Å². The molecule has 1 aliphatic heterocycles. The lowest BCUT2D eigenvalue weighted by atomic mass is 9.74. The molecule has 17 heavy (non-hydrogen) atoms. The molecule has 1 heterocycles. The number of ketones is 1. The van der Waals surface area contributed by atoms with Crippen molar-refractivity contribution in [2.24, 2.45) is 5.92 Å². The van der Waals surface area contributed by atoms with Gasteiger partial charge in [0.15, 0.2) is 5.78 Å². The zero-order valence-electron chi connectivity index (χ0n) is 11.2. The molecule has 0 bridgehead atoms. The van der Waals surface area contributed by atoms with Crippen LogP contribution in [0.25, 0.3) is 0 Å². The maximum atomic E-state index is 12.2. The van der Waals surface area contributed by atoms with E-state index in [9.17, 15) is 4.79 Å². The molecule has 2 aliphatic rings. The van der Waals surface area contributed by atoms with Gasteiger partial charge in [0.05, 0.1) is 5.60 Å². The average Bonchev–Trinajstić information content (AvgIpc) is 2.24. The highest BCUT2D eigenvalue weighted by molar-refractivity contribution is 5.98. The van der Waals surface area contributed by atoms with Gasteiger partial charge in [-0.1, -0.05) is 11.6 Å². The molecule has 0 aromatic rings. The molecule has 2 heteroatoms. The fourth-order valence-corrected chi connectivity index (χ4v) is 2.82. The Morgan fingerprint density at radius 3 is 2.65 bits per heavy atom. The average molecular weight is 234 g/mol. The van der Waals surface area contributed by atoms with Crippen molar-refractivity contribution in [3.05, 3.63) is 23.8 Å². The largest absolute Gasteiger partial charge is 0.357 e. The van der Waals surface area contributed by atoms with Gasteiger partial charge in [-0.25, -0.2) is 0 Å². The first-order valence-electron chi connectivity index (χ1n) is 6.43. The maximum Gasteiger partial charge on any atom is 0.187 e. The lowest BCUT2D eigenvalue weighted by molar-refractivity contribution is -0.169. The fraction of sp³-hybridized carbons (Fsp3) is 0.667. The van der Waals surface area contributed by atoms with Gasteiger partial charge >= 0.3 is 0 Å². The molecule has 2 nitrogen and oxygen atoms in total. The van der Waals surface area contributed by atoms with E-state index in [-0.39, 0.29) is 11.4 Å².